The summed E-state index contributed by atoms with van der Waals surface area (Å²) in [6.07, 6.45) is 1.57. The van der Waals surface area contributed by atoms with Crippen molar-refractivity contribution >= 4 is 0 Å². The van der Waals surface area contributed by atoms with Crippen molar-refractivity contribution < 1.29 is 5.11 Å². The Morgan fingerprint density at radius 2 is 1.42 bits per heavy atom. The molecule has 0 fully saturated rings. The normalized spacial score (nSPS) is 12.6. The number of hydrogen-bond acceptors (Lipinski definition) is 1. The molecule has 0 bridgehead atoms. The molecule has 100 valence electrons. The van der Waals surface area contributed by atoms with Gasteiger partial charge in [0.2, 0.25) is 0 Å². The van der Waals surface area contributed by atoms with Crippen LogP contribution in [0.25, 0.3) is 11.1 Å². The summed E-state index contributed by atoms with van der Waals surface area (Å²) in [5.41, 5.74) is 3.78. The maximum Gasteiger partial charge on any atom is 0.0566 e. The molecule has 2 rings (SSSR count). The summed E-state index contributed by atoms with van der Waals surface area (Å²) in [5, 5.41) is 9.82. The van der Waals surface area contributed by atoms with Gasteiger partial charge in [-0.2, -0.15) is 0 Å². The Hall–Kier alpha value is -1.60. The molecular formula is C18H22O. The lowest BCUT2D eigenvalue weighted by Crippen LogP contribution is -2.15. The minimum absolute atomic E-state index is 0.200. The van der Waals surface area contributed by atoms with Crippen molar-refractivity contribution in [3.63, 3.8) is 0 Å². The molecule has 0 saturated heterocycles. The summed E-state index contributed by atoms with van der Waals surface area (Å²) >= 11 is 0. The van der Waals surface area contributed by atoms with Crippen LogP contribution in [0.5, 0.6) is 0 Å². The molecule has 0 heterocycles. The molecule has 0 aliphatic carbocycles. The van der Waals surface area contributed by atoms with Crippen LogP contribution in [-0.2, 0) is 6.42 Å². The van der Waals surface area contributed by atoms with Gasteiger partial charge in [0.05, 0.1) is 6.10 Å². The van der Waals surface area contributed by atoms with Gasteiger partial charge in [-0.05, 0) is 35.4 Å². The van der Waals surface area contributed by atoms with Crippen LogP contribution in [0.2, 0.25) is 0 Å². The van der Waals surface area contributed by atoms with Crippen LogP contribution < -0.4 is 0 Å². The zero-order chi connectivity index (χ0) is 13.7. The number of aryl methyl sites for hydroxylation is 1. The Morgan fingerprint density at radius 1 is 0.842 bits per heavy atom. The van der Waals surface area contributed by atoms with Crippen LogP contribution in [0.1, 0.15) is 25.8 Å². The lowest BCUT2D eigenvalue weighted by molar-refractivity contribution is 0.116. The van der Waals surface area contributed by atoms with E-state index in [9.17, 15) is 5.11 Å². The predicted molar refractivity (Wildman–Crippen MR) is 81.0 cm³/mol. The molecule has 0 radical (unpaired) electrons. The van der Waals surface area contributed by atoms with Gasteiger partial charge in [-0.15, -0.1) is 0 Å². The van der Waals surface area contributed by atoms with Crippen LogP contribution in [0, 0.1) is 5.92 Å². The fourth-order valence-corrected chi connectivity index (χ4v) is 2.14. The molecule has 1 nitrogen and oxygen atoms in total. The summed E-state index contributed by atoms with van der Waals surface area (Å²) < 4.78 is 0. The van der Waals surface area contributed by atoms with Gasteiger partial charge >= 0.3 is 0 Å². The van der Waals surface area contributed by atoms with Crippen molar-refractivity contribution in [1.82, 2.24) is 0 Å². The first-order valence-corrected chi connectivity index (χ1v) is 6.99. The van der Waals surface area contributed by atoms with Gasteiger partial charge in [0.1, 0.15) is 0 Å². The first-order chi connectivity index (χ1) is 9.16. The Kier molecular flexibility index (Phi) is 4.75. The standard InChI is InChI=1S/C18H22O/c1-14(2)18(19)13-10-15-8-11-17(12-9-15)16-6-4-3-5-7-16/h3-9,11-12,14,18-19H,10,13H2,1-2H3. The van der Waals surface area contributed by atoms with Crippen molar-refractivity contribution in [2.45, 2.75) is 32.8 Å². The molecule has 19 heavy (non-hydrogen) atoms. The predicted octanol–water partition coefficient (Wildman–Crippen LogP) is 4.30. The van der Waals surface area contributed by atoms with Crippen LogP contribution in [0.4, 0.5) is 0 Å². The third kappa shape index (κ3) is 3.93. The number of aliphatic hydroxyl groups excluding tert-OH is 1. The molecule has 2 aromatic carbocycles. The molecule has 1 atom stereocenters. The number of benzene rings is 2. The lowest BCUT2D eigenvalue weighted by Gasteiger charge is -2.14. The summed E-state index contributed by atoms with van der Waals surface area (Å²) in [6, 6.07) is 19.0. The summed E-state index contributed by atoms with van der Waals surface area (Å²) in [4.78, 5) is 0. The number of hydrogen-bond donors (Lipinski definition) is 1. The Morgan fingerprint density at radius 3 is 2.00 bits per heavy atom. The molecule has 1 heteroatoms. The second kappa shape index (κ2) is 6.53. The zero-order valence-corrected chi connectivity index (χ0v) is 11.7. The lowest BCUT2D eigenvalue weighted by atomic mass is 9.98. The van der Waals surface area contributed by atoms with E-state index in [2.05, 4.69) is 62.4 Å². The van der Waals surface area contributed by atoms with E-state index in [0.29, 0.717) is 5.92 Å². The molecule has 0 aliphatic rings. The van der Waals surface area contributed by atoms with Gasteiger partial charge < -0.3 is 5.11 Å². The average Bonchev–Trinajstić information content (AvgIpc) is 2.46. The van der Waals surface area contributed by atoms with E-state index in [4.69, 9.17) is 0 Å². The Bertz CT molecular complexity index is 485. The van der Waals surface area contributed by atoms with E-state index in [1.54, 1.807) is 0 Å². The Labute approximate surface area is 115 Å². The van der Waals surface area contributed by atoms with E-state index in [0.717, 1.165) is 12.8 Å². The molecule has 0 aliphatic heterocycles. The highest BCUT2D eigenvalue weighted by Gasteiger charge is 2.08. The molecule has 1 N–H and O–H groups in total. The fourth-order valence-electron chi connectivity index (χ4n) is 2.14. The van der Waals surface area contributed by atoms with E-state index in [1.165, 1.54) is 16.7 Å². The van der Waals surface area contributed by atoms with Gasteiger partial charge in [0.15, 0.2) is 0 Å². The van der Waals surface area contributed by atoms with Gasteiger partial charge in [-0.3, -0.25) is 0 Å². The summed E-state index contributed by atoms with van der Waals surface area (Å²) in [5.74, 6) is 0.337. The van der Waals surface area contributed by atoms with Gasteiger partial charge in [0, 0.05) is 0 Å². The van der Waals surface area contributed by atoms with Crippen LogP contribution in [-0.4, -0.2) is 11.2 Å². The second-order valence-corrected chi connectivity index (χ2v) is 5.41. The van der Waals surface area contributed by atoms with Gasteiger partial charge in [-0.25, -0.2) is 0 Å². The second-order valence-electron chi connectivity index (χ2n) is 5.41. The van der Waals surface area contributed by atoms with E-state index in [1.807, 2.05) is 6.07 Å². The van der Waals surface area contributed by atoms with E-state index >= 15 is 0 Å². The van der Waals surface area contributed by atoms with Crippen LogP contribution >= 0.6 is 0 Å². The first kappa shape index (κ1) is 13.8. The highest BCUT2D eigenvalue weighted by molar-refractivity contribution is 5.63. The summed E-state index contributed by atoms with van der Waals surface area (Å²) in [7, 11) is 0. The highest BCUT2D eigenvalue weighted by atomic mass is 16.3. The van der Waals surface area contributed by atoms with Crippen molar-refractivity contribution in [1.29, 1.82) is 0 Å². The van der Waals surface area contributed by atoms with Crippen LogP contribution in [0.15, 0.2) is 54.6 Å². The minimum Gasteiger partial charge on any atom is -0.393 e. The SMILES string of the molecule is CC(C)C(O)CCc1ccc(-c2ccccc2)cc1. The van der Waals surface area contributed by atoms with Crippen LogP contribution in [0.3, 0.4) is 0 Å². The van der Waals surface area contributed by atoms with E-state index < -0.39 is 0 Å². The fraction of sp³-hybridized carbons (Fsp3) is 0.333. The van der Waals surface area contributed by atoms with Crippen molar-refractivity contribution in [3.8, 4) is 11.1 Å². The number of rotatable bonds is 5. The van der Waals surface area contributed by atoms with Crippen molar-refractivity contribution in [3.05, 3.63) is 60.2 Å². The smallest absolute Gasteiger partial charge is 0.0566 e. The van der Waals surface area contributed by atoms with E-state index in [-0.39, 0.29) is 6.10 Å². The summed E-state index contributed by atoms with van der Waals surface area (Å²) in [6.45, 7) is 4.12. The molecule has 0 saturated carbocycles. The molecule has 1 unspecified atom stereocenters. The minimum atomic E-state index is -0.200. The average molecular weight is 254 g/mol. The first-order valence-electron chi connectivity index (χ1n) is 6.99. The monoisotopic (exact) mass is 254 g/mol. The molecule has 0 spiro atoms. The highest BCUT2D eigenvalue weighted by Crippen LogP contribution is 2.20. The Balaban J connectivity index is 1.99. The number of aliphatic hydroxyl groups is 1. The molecule has 0 aromatic heterocycles. The maximum absolute atomic E-state index is 9.82. The molecular weight excluding hydrogens is 232 g/mol. The van der Waals surface area contributed by atoms with Crippen molar-refractivity contribution in [2.75, 3.05) is 0 Å². The topological polar surface area (TPSA) is 20.2 Å². The third-order valence-electron chi connectivity index (χ3n) is 3.56. The van der Waals surface area contributed by atoms with Crippen molar-refractivity contribution in [2.24, 2.45) is 5.92 Å². The third-order valence-corrected chi connectivity index (χ3v) is 3.56. The van der Waals surface area contributed by atoms with Gasteiger partial charge in [0.25, 0.3) is 0 Å². The molecule has 0 amide bonds. The largest absolute Gasteiger partial charge is 0.393 e. The van der Waals surface area contributed by atoms with Gasteiger partial charge in [-0.1, -0.05) is 68.4 Å². The zero-order valence-electron chi connectivity index (χ0n) is 11.7. The maximum atomic E-state index is 9.82. The quantitative estimate of drug-likeness (QED) is 0.843. The molecule has 2 aromatic rings.